The second kappa shape index (κ2) is 5.88. The summed E-state index contributed by atoms with van der Waals surface area (Å²) in [6, 6.07) is 7.04. The van der Waals surface area contributed by atoms with Gasteiger partial charge in [0.2, 0.25) is 0 Å². The number of pyridine rings is 1. The topological polar surface area (TPSA) is 72.6 Å². The van der Waals surface area contributed by atoms with E-state index in [2.05, 4.69) is 4.98 Å². The Bertz CT molecular complexity index is 902. The second-order valence-electron chi connectivity index (χ2n) is 4.91. The molecule has 0 saturated heterocycles. The Kier molecular flexibility index (Phi) is 3.88. The van der Waals surface area contributed by atoms with Crippen molar-refractivity contribution in [2.24, 2.45) is 0 Å². The minimum Gasteiger partial charge on any atom is -0.489 e. The van der Waals surface area contributed by atoms with Crippen molar-refractivity contribution in [1.29, 1.82) is 0 Å². The van der Waals surface area contributed by atoms with Crippen LogP contribution in [-0.2, 0) is 12.8 Å². The summed E-state index contributed by atoms with van der Waals surface area (Å²) < 4.78 is 49.1. The Labute approximate surface area is 133 Å². The van der Waals surface area contributed by atoms with E-state index < -0.39 is 17.8 Å². The van der Waals surface area contributed by atoms with Crippen LogP contribution in [0.1, 0.15) is 21.6 Å². The third-order valence-electron chi connectivity index (χ3n) is 3.33. The van der Waals surface area contributed by atoms with Crippen LogP contribution in [-0.4, -0.2) is 16.1 Å². The van der Waals surface area contributed by atoms with Crippen LogP contribution < -0.4 is 4.74 Å². The van der Waals surface area contributed by atoms with Crippen LogP contribution in [0.4, 0.5) is 13.2 Å². The zero-order valence-corrected chi connectivity index (χ0v) is 12.0. The van der Waals surface area contributed by atoms with E-state index in [4.69, 9.17) is 14.3 Å². The third-order valence-corrected chi connectivity index (χ3v) is 3.33. The lowest BCUT2D eigenvalue weighted by atomic mass is 10.1. The van der Waals surface area contributed by atoms with E-state index in [1.165, 1.54) is 30.3 Å². The van der Waals surface area contributed by atoms with Crippen LogP contribution in [0.3, 0.4) is 0 Å². The van der Waals surface area contributed by atoms with Gasteiger partial charge >= 0.3 is 12.1 Å². The first-order valence-corrected chi connectivity index (χ1v) is 6.74. The first kappa shape index (κ1) is 15.9. The molecular formula is C16H10F3NO4. The number of furan rings is 1. The molecule has 8 heteroatoms. The number of benzene rings is 1. The highest BCUT2D eigenvalue weighted by Crippen LogP contribution is 2.31. The highest BCUT2D eigenvalue weighted by Gasteiger charge is 2.35. The molecule has 24 heavy (non-hydrogen) atoms. The molecule has 0 aliphatic rings. The molecule has 124 valence electrons. The van der Waals surface area contributed by atoms with Crippen molar-refractivity contribution in [1.82, 2.24) is 4.98 Å². The average Bonchev–Trinajstić information content (AvgIpc) is 2.95. The van der Waals surface area contributed by atoms with Crippen LogP contribution in [0.15, 0.2) is 47.2 Å². The van der Waals surface area contributed by atoms with Crippen LogP contribution in [0.2, 0.25) is 0 Å². The van der Waals surface area contributed by atoms with Crippen LogP contribution in [0, 0.1) is 0 Å². The fourth-order valence-electron chi connectivity index (χ4n) is 2.24. The molecule has 2 heterocycles. The van der Waals surface area contributed by atoms with Gasteiger partial charge in [-0.05, 0) is 24.3 Å². The zero-order chi connectivity index (χ0) is 17.3. The smallest absolute Gasteiger partial charge is 0.433 e. The Morgan fingerprint density at radius 1 is 1.29 bits per heavy atom. The van der Waals surface area contributed by atoms with Gasteiger partial charge in [0.15, 0.2) is 5.69 Å². The lowest BCUT2D eigenvalue weighted by Crippen LogP contribution is -2.13. The standard InChI is InChI=1S/C16H10F3NO4/c17-16(18,19)14-9(2-1-5-20-14)7-23-10-3-4-13-11(6-10)12(8-24-13)15(21)22/h1-6,8H,7H2,(H,21,22). The summed E-state index contributed by atoms with van der Waals surface area (Å²) in [5, 5.41) is 9.37. The Morgan fingerprint density at radius 2 is 2.08 bits per heavy atom. The molecule has 3 rings (SSSR count). The van der Waals surface area contributed by atoms with Crippen LogP contribution >= 0.6 is 0 Å². The molecule has 3 aromatic rings. The van der Waals surface area contributed by atoms with Gasteiger partial charge in [0.25, 0.3) is 0 Å². The Balaban J connectivity index is 1.87. The molecule has 0 bridgehead atoms. The summed E-state index contributed by atoms with van der Waals surface area (Å²) in [6.07, 6.45) is -2.42. The number of ether oxygens (including phenoxy) is 1. The summed E-state index contributed by atoms with van der Waals surface area (Å²) >= 11 is 0. The highest BCUT2D eigenvalue weighted by molar-refractivity contribution is 6.02. The molecule has 0 amide bonds. The fourth-order valence-corrected chi connectivity index (χ4v) is 2.24. The lowest BCUT2D eigenvalue weighted by Gasteiger charge is -2.12. The Hall–Kier alpha value is -3.03. The van der Waals surface area contributed by atoms with Gasteiger partial charge in [0.05, 0.1) is 0 Å². The van der Waals surface area contributed by atoms with E-state index in [1.807, 2.05) is 0 Å². The number of hydrogen-bond donors (Lipinski definition) is 1. The Morgan fingerprint density at radius 3 is 2.79 bits per heavy atom. The first-order valence-electron chi connectivity index (χ1n) is 6.74. The average molecular weight is 337 g/mol. The maximum Gasteiger partial charge on any atom is 0.433 e. The maximum absolute atomic E-state index is 12.9. The van der Waals surface area contributed by atoms with Gasteiger partial charge < -0.3 is 14.3 Å². The number of halogens is 3. The van der Waals surface area contributed by atoms with E-state index in [9.17, 15) is 18.0 Å². The number of rotatable bonds is 4. The molecule has 5 nitrogen and oxygen atoms in total. The van der Waals surface area contributed by atoms with Gasteiger partial charge in [-0.15, -0.1) is 0 Å². The van der Waals surface area contributed by atoms with E-state index in [-0.39, 0.29) is 23.5 Å². The number of carboxylic acid groups (broad SMARTS) is 1. The van der Waals surface area contributed by atoms with E-state index in [0.717, 1.165) is 12.5 Å². The summed E-state index contributed by atoms with van der Waals surface area (Å²) in [5.41, 5.74) is -0.832. The number of hydrogen-bond acceptors (Lipinski definition) is 4. The third kappa shape index (κ3) is 3.03. The highest BCUT2D eigenvalue weighted by atomic mass is 19.4. The second-order valence-corrected chi connectivity index (χ2v) is 4.91. The monoisotopic (exact) mass is 337 g/mol. The van der Waals surface area contributed by atoms with Crippen LogP contribution in [0.25, 0.3) is 11.0 Å². The minimum atomic E-state index is -4.58. The SMILES string of the molecule is O=C(O)c1coc2ccc(OCc3cccnc3C(F)(F)F)cc12. The molecule has 0 unspecified atom stereocenters. The maximum atomic E-state index is 12.9. The number of alkyl halides is 3. The molecule has 0 atom stereocenters. The van der Waals surface area contributed by atoms with Gasteiger partial charge in [0.1, 0.15) is 29.8 Å². The van der Waals surface area contributed by atoms with Gasteiger partial charge in [0, 0.05) is 17.1 Å². The molecule has 0 fully saturated rings. The normalized spacial score (nSPS) is 11.6. The molecule has 1 N–H and O–H groups in total. The van der Waals surface area contributed by atoms with Crippen molar-refractivity contribution in [2.45, 2.75) is 12.8 Å². The van der Waals surface area contributed by atoms with Crippen molar-refractivity contribution in [2.75, 3.05) is 0 Å². The van der Waals surface area contributed by atoms with Gasteiger partial charge in [-0.1, -0.05) is 6.07 Å². The molecule has 1 aromatic carbocycles. The fraction of sp³-hybridized carbons (Fsp3) is 0.125. The van der Waals surface area contributed by atoms with Crippen LogP contribution in [0.5, 0.6) is 5.75 Å². The lowest BCUT2D eigenvalue weighted by molar-refractivity contribution is -0.142. The molecule has 0 aliphatic carbocycles. The number of carbonyl (C=O) groups is 1. The number of aromatic carboxylic acids is 1. The van der Waals surface area contributed by atoms with Crippen molar-refractivity contribution in [3.05, 3.63) is 59.6 Å². The van der Waals surface area contributed by atoms with Gasteiger partial charge in [-0.25, -0.2) is 4.79 Å². The number of carboxylic acids is 1. The van der Waals surface area contributed by atoms with Gasteiger partial charge in [-0.2, -0.15) is 13.2 Å². The summed E-state index contributed by atoms with van der Waals surface area (Å²) in [5.74, 6) is -0.944. The van der Waals surface area contributed by atoms with E-state index >= 15 is 0 Å². The van der Waals surface area contributed by atoms with E-state index in [0.29, 0.717) is 11.0 Å². The predicted molar refractivity (Wildman–Crippen MR) is 76.7 cm³/mol. The number of nitrogens with zero attached hydrogens (tertiary/aromatic N) is 1. The first-order chi connectivity index (χ1) is 11.4. The molecule has 0 radical (unpaired) electrons. The number of fused-ring (bicyclic) bond motifs is 1. The zero-order valence-electron chi connectivity index (χ0n) is 12.0. The number of aromatic nitrogens is 1. The summed E-state index contributed by atoms with van der Waals surface area (Å²) in [7, 11) is 0. The summed E-state index contributed by atoms with van der Waals surface area (Å²) in [4.78, 5) is 14.4. The molecule has 2 aromatic heterocycles. The summed E-state index contributed by atoms with van der Waals surface area (Å²) in [6.45, 7) is -0.353. The van der Waals surface area contributed by atoms with Crippen molar-refractivity contribution >= 4 is 16.9 Å². The largest absolute Gasteiger partial charge is 0.489 e. The van der Waals surface area contributed by atoms with Crippen molar-refractivity contribution in [3.8, 4) is 5.75 Å². The minimum absolute atomic E-state index is 0.0483. The molecular weight excluding hydrogens is 327 g/mol. The molecule has 0 saturated carbocycles. The molecule has 0 aliphatic heterocycles. The van der Waals surface area contributed by atoms with Crippen molar-refractivity contribution in [3.63, 3.8) is 0 Å². The quantitative estimate of drug-likeness (QED) is 0.775. The van der Waals surface area contributed by atoms with E-state index in [1.54, 1.807) is 0 Å². The molecule has 0 spiro atoms. The van der Waals surface area contributed by atoms with Gasteiger partial charge in [-0.3, -0.25) is 4.98 Å². The van der Waals surface area contributed by atoms with Crippen molar-refractivity contribution < 1.29 is 32.2 Å². The predicted octanol–water partition coefficient (Wildman–Crippen LogP) is 4.12.